The maximum atomic E-state index is 11.4. The van der Waals surface area contributed by atoms with E-state index in [1.807, 2.05) is 39.0 Å². The minimum Gasteiger partial charge on any atom is -0.466 e. The van der Waals surface area contributed by atoms with Gasteiger partial charge < -0.3 is 9.47 Å². The second-order valence-electron chi connectivity index (χ2n) is 4.90. The van der Waals surface area contributed by atoms with E-state index in [1.54, 1.807) is 7.11 Å². The highest BCUT2D eigenvalue weighted by Crippen LogP contribution is 2.47. The van der Waals surface area contributed by atoms with Gasteiger partial charge in [0, 0.05) is 7.11 Å². The van der Waals surface area contributed by atoms with Crippen LogP contribution in [0.5, 0.6) is 0 Å². The van der Waals surface area contributed by atoms with Gasteiger partial charge in [0.1, 0.15) is 0 Å². The molecule has 0 heterocycles. The molecule has 1 aliphatic rings. The van der Waals surface area contributed by atoms with Gasteiger partial charge in [0.25, 0.3) is 0 Å². The third kappa shape index (κ3) is 5.43. The van der Waals surface area contributed by atoms with Crippen LogP contribution in [0.25, 0.3) is 0 Å². The minimum atomic E-state index is -0.0404. The SMILES string of the molecule is CCOC(=O)[C@@H]1C[C@H]1c1ccccc1.COC(C)C. The van der Waals surface area contributed by atoms with Crippen molar-refractivity contribution in [3.63, 3.8) is 0 Å². The average Bonchev–Trinajstić information content (AvgIpc) is 3.21. The first kappa shape index (κ1) is 15.7. The molecule has 1 aromatic carbocycles. The van der Waals surface area contributed by atoms with E-state index in [0.717, 1.165) is 6.42 Å². The summed E-state index contributed by atoms with van der Waals surface area (Å²) in [5.74, 6) is 0.467. The Balaban J connectivity index is 0.000000312. The summed E-state index contributed by atoms with van der Waals surface area (Å²) < 4.78 is 9.73. The Bertz CT molecular complexity index is 373. The van der Waals surface area contributed by atoms with Crippen molar-refractivity contribution in [2.45, 2.75) is 39.2 Å². The summed E-state index contributed by atoms with van der Waals surface area (Å²) in [6, 6.07) is 10.2. The summed E-state index contributed by atoms with van der Waals surface area (Å²) in [6.07, 6.45) is 1.33. The largest absolute Gasteiger partial charge is 0.466 e. The van der Waals surface area contributed by atoms with Crippen LogP contribution in [0.4, 0.5) is 0 Å². The summed E-state index contributed by atoms with van der Waals surface area (Å²) >= 11 is 0. The van der Waals surface area contributed by atoms with Crippen LogP contribution in [-0.2, 0) is 14.3 Å². The summed E-state index contributed by atoms with van der Waals surface area (Å²) in [4.78, 5) is 11.4. The molecule has 1 saturated carbocycles. The summed E-state index contributed by atoms with van der Waals surface area (Å²) in [5, 5.41) is 0. The molecule has 0 unspecified atom stereocenters. The molecule has 0 spiro atoms. The highest BCUT2D eigenvalue weighted by atomic mass is 16.5. The molecule has 106 valence electrons. The van der Waals surface area contributed by atoms with Crippen LogP contribution in [0.3, 0.4) is 0 Å². The lowest BCUT2D eigenvalue weighted by molar-refractivity contribution is -0.144. The van der Waals surface area contributed by atoms with Crippen molar-refractivity contribution in [2.75, 3.05) is 13.7 Å². The average molecular weight is 264 g/mol. The first-order valence-electron chi connectivity index (χ1n) is 6.84. The van der Waals surface area contributed by atoms with Crippen LogP contribution in [0, 0.1) is 5.92 Å². The maximum absolute atomic E-state index is 11.4. The van der Waals surface area contributed by atoms with Crippen molar-refractivity contribution >= 4 is 5.97 Å². The van der Waals surface area contributed by atoms with Gasteiger partial charge in [-0.3, -0.25) is 4.79 Å². The molecule has 0 saturated heterocycles. The molecule has 3 nitrogen and oxygen atoms in total. The van der Waals surface area contributed by atoms with Gasteiger partial charge in [0.15, 0.2) is 0 Å². The molecule has 3 heteroatoms. The summed E-state index contributed by atoms with van der Waals surface area (Å²) in [6.45, 7) is 6.33. The van der Waals surface area contributed by atoms with Gasteiger partial charge in [-0.2, -0.15) is 0 Å². The van der Waals surface area contributed by atoms with E-state index in [-0.39, 0.29) is 11.9 Å². The monoisotopic (exact) mass is 264 g/mol. The van der Waals surface area contributed by atoms with Gasteiger partial charge in [-0.1, -0.05) is 30.3 Å². The molecule has 1 aliphatic carbocycles. The zero-order chi connectivity index (χ0) is 14.3. The van der Waals surface area contributed by atoms with Gasteiger partial charge in [-0.05, 0) is 38.7 Å². The van der Waals surface area contributed by atoms with E-state index in [9.17, 15) is 4.79 Å². The number of carbonyl (C=O) groups is 1. The van der Waals surface area contributed by atoms with E-state index < -0.39 is 0 Å². The molecule has 1 fully saturated rings. The Hall–Kier alpha value is -1.35. The van der Waals surface area contributed by atoms with E-state index >= 15 is 0 Å². The molecule has 0 amide bonds. The van der Waals surface area contributed by atoms with Crippen LogP contribution in [0.15, 0.2) is 30.3 Å². The van der Waals surface area contributed by atoms with Crippen LogP contribution < -0.4 is 0 Å². The third-order valence-corrected chi connectivity index (χ3v) is 3.08. The number of methoxy groups -OCH3 is 1. The van der Waals surface area contributed by atoms with Crippen molar-refractivity contribution in [3.05, 3.63) is 35.9 Å². The normalized spacial score (nSPS) is 20.5. The van der Waals surface area contributed by atoms with E-state index in [1.165, 1.54) is 5.56 Å². The topological polar surface area (TPSA) is 35.5 Å². The fourth-order valence-corrected chi connectivity index (χ4v) is 1.77. The van der Waals surface area contributed by atoms with Crippen LogP contribution >= 0.6 is 0 Å². The van der Waals surface area contributed by atoms with E-state index in [0.29, 0.717) is 18.6 Å². The molecule has 0 bridgehead atoms. The smallest absolute Gasteiger partial charge is 0.309 e. The molecule has 0 aromatic heterocycles. The Morgan fingerprint density at radius 3 is 2.37 bits per heavy atom. The quantitative estimate of drug-likeness (QED) is 0.782. The summed E-state index contributed by atoms with van der Waals surface area (Å²) in [7, 11) is 1.70. The van der Waals surface area contributed by atoms with Crippen LogP contribution in [0.1, 0.15) is 38.7 Å². The third-order valence-electron chi connectivity index (χ3n) is 3.08. The number of esters is 1. The Labute approximate surface area is 115 Å². The van der Waals surface area contributed by atoms with Crippen molar-refractivity contribution in [1.29, 1.82) is 0 Å². The lowest BCUT2D eigenvalue weighted by Crippen LogP contribution is -2.07. The lowest BCUT2D eigenvalue weighted by Gasteiger charge is -2.00. The number of hydrogen-bond acceptors (Lipinski definition) is 3. The van der Waals surface area contributed by atoms with Gasteiger partial charge >= 0.3 is 5.97 Å². The Kier molecular flexibility index (Phi) is 6.57. The molecule has 2 atom stereocenters. The Morgan fingerprint density at radius 2 is 1.89 bits per heavy atom. The zero-order valence-electron chi connectivity index (χ0n) is 12.3. The van der Waals surface area contributed by atoms with Gasteiger partial charge in [-0.25, -0.2) is 0 Å². The number of carbonyl (C=O) groups excluding carboxylic acids is 1. The lowest BCUT2D eigenvalue weighted by atomic mass is 10.1. The van der Waals surface area contributed by atoms with Crippen molar-refractivity contribution in [2.24, 2.45) is 5.92 Å². The molecule has 19 heavy (non-hydrogen) atoms. The fourth-order valence-electron chi connectivity index (χ4n) is 1.77. The van der Waals surface area contributed by atoms with Crippen molar-refractivity contribution < 1.29 is 14.3 Å². The maximum Gasteiger partial charge on any atom is 0.309 e. The first-order chi connectivity index (χ1) is 9.10. The number of rotatable bonds is 4. The first-order valence-corrected chi connectivity index (χ1v) is 6.84. The summed E-state index contributed by atoms with van der Waals surface area (Å²) in [5.41, 5.74) is 1.26. The van der Waals surface area contributed by atoms with E-state index in [4.69, 9.17) is 9.47 Å². The van der Waals surface area contributed by atoms with Gasteiger partial charge in [-0.15, -0.1) is 0 Å². The second-order valence-corrected chi connectivity index (χ2v) is 4.90. The fraction of sp³-hybridized carbons (Fsp3) is 0.562. The number of ether oxygens (including phenoxy) is 2. The van der Waals surface area contributed by atoms with E-state index in [2.05, 4.69) is 12.1 Å². The second kappa shape index (κ2) is 7.95. The molecular weight excluding hydrogens is 240 g/mol. The van der Waals surface area contributed by atoms with Gasteiger partial charge in [0.05, 0.1) is 18.6 Å². The molecule has 2 rings (SSSR count). The predicted molar refractivity (Wildman–Crippen MR) is 76.1 cm³/mol. The highest BCUT2D eigenvalue weighted by Gasteiger charge is 2.44. The van der Waals surface area contributed by atoms with Crippen molar-refractivity contribution in [3.8, 4) is 0 Å². The van der Waals surface area contributed by atoms with Crippen molar-refractivity contribution in [1.82, 2.24) is 0 Å². The predicted octanol–water partition coefficient (Wildman–Crippen LogP) is 3.39. The van der Waals surface area contributed by atoms with Gasteiger partial charge in [0.2, 0.25) is 0 Å². The molecule has 0 aliphatic heterocycles. The number of benzene rings is 1. The molecule has 1 aromatic rings. The minimum absolute atomic E-state index is 0.0404. The molecule has 0 radical (unpaired) electrons. The zero-order valence-corrected chi connectivity index (χ0v) is 12.3. The highest BCUT2D eigenvalue weighted by molar-refractivity contribution is 5.77. The molecule has 0 N–H and O–H groups in total. The van der Waals surface area contributed by atoms with Crippen LogP contribution in [0.2, 0.25) is 0 Å². The van der Waals surface area contributed by atoms with Crippen LogP contribution in [-0.4, -0.2) is 25.8 Å². The Morgan fingerprint density at radius 1 is 1.32 bits per heavy atom. The molecular formula is C16H24O3. The number of hydrogen-bond donors (Lipinski definition) is 0. The standard InChI is InChI=1S/C12H14O2.C4H10O/c1-2-14-12(13)11-8-10(11)9-6-4-3-5-7-9;1-4(2)5-3/h3-7,10-11H,2,8H2,1H3;4H,1-3H3/t10-,11+;/m0./s1.